The molecule has 0 saturated heterocycles. The van der Waals surface area contributed by atoms with E-state index in [0.29, 0.717) is 0 Å². The number of aromatic amines is 1. The van der Waals surface area contributed by atoms with Crippen molar-refractivity contribution in [1.29, 1.82) is 0 Å². The molecule has 0 amide bonds. The molecular weight excluding hydrogens is 200 g/mol. The largest absolute Gasteiger partial charge is 0.258 e. The van der Waals surface area contributed by atoms with Crippen molar-refractivity contribution in [3.63, 3.8) is 0 Å². The van der Waals surface area contributed by atoms with Crippen molar-refractivity contribution in [3.05, 3.63) is 15.0 Å². The number of hydrogen-bond donors (Lipinski definition) is 1. The van der Waals surface area contributed by atoms with Crippen LogP contribution >= 0.6 is 23.6 Å². The first kappa shape index (κ1) is 9.09. The highest BCUT2D eigenvalue weighted by Gasteiger charge is 2.13. The molecule has 2 nitrogen and oxygen atoms in total. The second kappa shape index (κ2) is 3.72. The Balaban J connectivity index is 2.23. The normalized spacial score (nSPS) is 22.8. The van der Waals surface area contributed by atoms with E-state index in [9.17, 15) is 0 Å². The van der Waals surface area contributed by atoms with Gasteiger partial charge in [-0.2, -0.15) is 5.10 Å². The van der Waals surface area contributed by atoms with Crippen LogP contribution in [-0.2, 0) is 0 Å². The number of allylic oxidation sites excluding steroid dienone is 2. The van der Waals surface area contributed by atoms with E-state index in [-0.39, 0.29) is 0 Å². The van der Waals surface area contributed by atoms with Gasteiger partial charge < -0.3 is 0 Å². The van der Waals surface area contributed by atoms with Gasteiger partial charge in [0.05, 0.1) is 0 Å². The molecule has 0 fully saturated rings. The second-order valence-electron chi connectivity index (χ2n) is 3.53. The number of aromatic nitrogens is 2. The first-order chi connectivity index (χ1) is 6.25. The van der Waals surface area contributed by atoms with Gasteiger partial charge >= 0.3 is 0 Å². The molecule has 0 saturated carbocycles. The van der Waals surface area contributed by atoms with Crippen molar-refractivity contribution in [2.24, 2.45) is 5.92 Å². The van der Waals surface area contributed by atoms with Gasteiger partial charge in [-0.3, -0.25) is 5.10 Å². The van der Waals surface area contributed by atoms with E-state index >= 15 is 0 Å². The number of rotatable bonds is 1. The van der Waals surface area contributed by atoms with Crippen LogP contribution in [0.2, 0.25) is 0 Å². The van der Waals surface area contributed by atoms with Crippen molar-refractivity contribution in [2.45, 2.75) is 26.2 Å². The molecule has 70 valence electrons. The first-order valence-corrected chi connectivity index (χ1v) is 5.73. The number of hydrogen-bond acceptors (Lipinski definition) is 3. The number of nitrogens with zero attached hydrogens (tertiary/aromatic N) is 1. The molecule has 1 unspecified atom stereocenters. The maximum atomic E-state index is 5.00. The molecule has 2 rings (SSSR count). The van der Waals surface area contributed by atoms with Crippen LogP contribution in [0.25, 0.3) is 5.57 Å². The SMILES string of the molecule is CC1CC=C(c2n[nH]c(=S)s2)CC1. The lowest BCUT2D eigenvalue weighted by Crippen LogP contribution is -2.00. The Labute approximate surface area is 86.7 Å². The van der Waals surface area contributed by atoms with Gasteiger partial charge in [0.15, 0.2) is 3.95 Å². The van der Waals surface area contributed by atoms with Crippen molar-refractivity contribution in [3.8, 4) is 0 Å². The van der Waals surface area contributed by atoms with E-state index in [2.05, 4.69) is 23.2 Å². The van der Waals surface area contributed by atoms with Crippen LogP contribution in [0.15, 0.2) is 6.08 Å². The monoisotopic (exact) mass is 212 g/mol. The zero-order valence-corrected chi connectivity index (χ0v) is 9.17. The maximum absolute atomic E-state index is 5.00. The molecule has 4 heteroatoms. The summed E-state index contributed by atoms with van der Waals surface area (Å²) in [7, 11) is 0. The van der Waals surface area contributed by atoms with Crippen molar-refractivity contribution >= 4 is 29.1 Å². The van der Waals surface area contributed by atoms with Crippen LogP contribution in [0.1, 0.15) is 31.2 Å². The van der Waals surface area contributed by atoms with E-state index in [0.717, 1.165) is 21.3 Å². The zero-order chi connectivity index (χ0) is 9.26. The fourth-order valence-electron chi connectivity index (χ4n) is 1.53. The minimum Gasteiger partial charge on any atom is -0.258 e. The Morgan fingerprint density at radius 1 is 1.69 bits per heavy atom. The summed E-state index contributed by atoms with van der Waals surface area (Å²) in [5.74, 6) is 0.829. The molecule has 0 spiro atoms. The average molecular weight is 212 g/mol. The average Bonchev–Trinajstić information content (AvgIpc) is 2.53. The summed E-state index contributed by atoms with van der Waals surface area (Å²) in [4.78, 5) is 0. The van der Waals surface area contributed by atoms with Crippen molar-refractivity contribution < 1.29 is 0 Å². The molecule has 0 bridgehead atoms. The highest BCUT2D eigenvalue weighted by atomic mass is 32.1. The third-order valence-corrected chi connectivity index (χ3v) is 3.55. The third-order valence-electron chi connectivity index (χ3n) is 2.39. The quantitative estimate of drug-likeness (QED) is 0.723. The van der Waals surface area contributed by atoms with Crippen LogP contribution in [0, 0.1) is 9.87 Å². The van der Waals surface area contributed by atoms with Gasteiger partial charge in [-0.25, -0.2) is 0 Å². The molecule has 1 atom stereocenters. The van der Waals surface area contributed by atoms with Crippen molar-refractivity contribution in [1.82, 2.24) is 10.2 Å². The lowest BCUT2D eigenvalue weighted by Gasteiger charge is -2.15. The Morgan fingerprint density at radius 2 is 2.54 bits per heavy atom. The highest BCUT2D eigenvalue weighted by Crippen LogP contribution is 2.30. The van der Waals surface area contributed by atoms with Crippen LogP contribution < -0.4 is 0 Å². The van der Waals surface area contributed by atoms with E-state index < -0.39 is 0 Å². The number of nitrogens with one attached hydrogen (secondary N) is 1. The fraction of sp³-hybridized carbons (Fsp3) is 0.556. The zero-order valence-electron chi connectivity index (χ0n) is 7.54. The molecular formula is C9H12N2S2. The standard InChI is InChI=1S/C9H12N2S2/c1-6-2-4-7(5-3-6)8-10-11-9(12)13-8/h4,6H,2-3,5H2,1H3,(H,11,12). The summed E-state index contributed by atoms with van der Waals surface area (Å²) in [6.45, 7) is 2.29. The highest BCUT2D eigenvalue weighted by molar-refractivity contribution is 7.73. The van der Waals surface area contributed by atoms with Crippen molar-refractivity contribution in [2.75, 3.05) is 0 Å². The van der Waals surface area contributed by atoms with E-state index in [1.807, 2.05) is 0 Å². The molecule has 1 aliphatic carbocycles. The maximum Gasteiger partial charge on any atom is 0.176 e. The Kier molecular flexibility index (Phi) is 2.60. The van der Waals surface area contributed by atoms with E-state index in [1.54, 1.807) is 11.3 Å². The van der Waals surface area contributed by atoms with E-state index in [1.165, 1.54) is 18.4 Å². The summed E-state index contributed by atoms with van der Waals surface area (Å²) in [5.41, 5.74) is 1.37. The van der Waals surface area contributed by atoms with Gasteiger partial charge in [0.1, 0.15) is 5.01 Å². The minimum atomic E-state index is 0.773. The van der Waals surface area contributed by atoms with Crippen LogP contribution in [-0.4, -0.2) is 10.2 Å². The summed E-state index contributed by atoms with van der Waals surface area (Å²) in [6, 6.07) is 0. The van der Waals surface area contributed by atoms with E-state index in [4.69, 9.17) is 12.2 Å². The smallest absolute Gasteiger partial charge is 0.176 e. The molecule has 1 aromatic rings. The topological polar surface area (TPSA) is 28.7 Å². The summed E-state index contributed by atoms with van der Waals surface area (Å²) < 4.78 is 0.773. The van der Waals surface area contributed by atoms with Gasteiger partial charge in [-0.15, -0.1) is 0 Å². The molecule has 0 aromatic carbocycles. The lowest BCUT2D eigenvalue weighted by atomic mass is 9.91. The van der Waals surface area contributed by atoms with Gasteiger partial charge in [-0.05, 0) is 43.0 Å². The molecule has 1 aliphatic rings. The van der Waals surface area contributed by atoms with Crippen LogP contribution in [0.5, 0.6) is 0 Å². The third kappa shape index (κ3) is 2.06. The van der Waals surface area contributed by atoms with Crippen LogP contribution in [0.4, 0.5) is 0 Å². The first-order valence-electron chi connectivity index (χ1n) is 4.50. The predicted octanol–water partition coefficient (Wildman–Crippen LogP) is 3.40. The summed E-state index contributed by atoms with van der Waals surface area (Å²) >= 11 is 6.57. The minimum absolute atomic E-state index is 0.773. The Bertz CT molecular complexity index is 375. The Hall–Kier alpha value is -0.480. The fourth-order valence-corrected chi connectivity index (χ4v) is 2.48. The van der Waals surface area contributed by atoms with Gasteiger partial charge in [0.25, 0.3) is 0 Å². The van der Waals surface area contributed by atoms with Gasteiger partial charge in [0, 0.05) is 0 Å². The molecule has 13 heavy (non-hydrogen) atoms. The molecule has 1 N–H and O–H groups in total. The summed E-state index contributed by atoms with van der Waals surface area (Å²) in [6.07, 6.45) is 5.91. The lowest BCUT2D eigenvalue weighted by molar-refractivity contribution is 0.533. The molecule has 0 aliphatic heterocycles. The predicted molar refractivity (Wildman–Crippen MR) is 58.3 cm³/mol. The Morgan fingerprint density at radius 3 is 3.08 bits per heavy atom. The molecule has 0 radical (unpaired) electrons. The molecule has 1 aromatic heterocycles. The number of H-pyrrole nitrogens is 1. The van der Waals surface area contributed by atoms with Crippen LogP contribution in [0.3, 0.4) is 0 Å². The second-order valence-corrected chi connectivity index (χ2v) is 5.19. The van der Waals surface area contributed by atoms with Gasteiger partial charge in [-0.1, -0.05) is 24.3 Å². The summed E-state index contributed by atoms with van der Waals surface area (Å²) in [5, 5.41) is 8.09. The van der Waals surface area contributed by atoms with Gasteiger partial charge in [0.2, 0.25) is 0 Å². The molecule has 1 heterocycles.